The van der Waals surface area contributed by atoms with Crippen LogP contribution in [0.3, 0.4) is 0 Å². The van der Waals surface area contributed by atoms with Gasteiger partial charge in [-0.2, -0.15) is 0 Å². The lowest BCUT2D eigenvalue weighted by molar-refractivity contribution is 0.0691. The second-order valence-electron chi connectivity index (χ2n) is 9.95. The fourth-order valence-corrected chi connectivity index (χ4v) is 10.4. The molecule has 0 atom stereocenters. The zero-order valence-electron chi connectivity index (χ0n) is 23.0. The topological polar surface area (TPSA) is 74.6 Å². The van der Waals surface area contributed by atoms with Gasteiger partial charge in [0.05, 0.1) is 0 Å². The van der Waals surface area contributed by atoms with Crippen LogP contribution in [0.5, 0.6) is 0 Å². The molecular weight excluding hydrogens is 609 g/mol. The van der Waals surface area contributed by atoms with Crippen molar-refractivity contribution in [3.05, 3.63) is 69.4 Å². The Morgan fingerprint density at radius 3 is 1.22 bits per heavy atom. The number of unbranched alkanes of at least 4 members (excludes halogenated alkanes) is 4. The number of aromatic carboxylic acids is 2. The fourth-order valence-electron chi connectivity index (χ4n) is 4.78. The van der Waals surface area contributed by atoms with Crippen LogP contribution in [0, 0.1) is 0 Å². The molecule has 0 aliphatic rings. The Balaban J connectivity index is 1.38. The average molecular weight is 641 g/mol. The minimum absolute atomic E-state index is 0.406. The monoisotopic (exact) mass is 640 g/mol. The first-order chi connectivity index (χ1) is 19.9. The van der Waals surface area contributed by atoms with Crippen molar-refractivity contribution in [2.75, 3.05) is 0 Å². The lowest BCUT2D eigenvalue weighted by Gasteiger charge is -2.01. The van der Waals surface area contributed by atoms with Crippen LogP contribution in [0.2, 0.25) is 0 Å². The maximum absolute atomic E-state index is 11.7. The van der Waals surface area contributed by atoms with Crippen LogP contribution in [0.25, 0.3) is 39.0 Å². The van der Waals surface area contributed by atoms with Crippen LogP contribution >= 0.6 is 56.7 Å². The van der Waals surface area contributed by atoms with E-state index in [1.807, 2.05) is 12.1 Å². The molecule has 5 aromatic rings. The van der Waals surface area contributed by atoms with Gasteiger partial charge in [0, 0.05) is 39.0 Å². The highest BCUT2D eigenvalue weighted by atomic mass is 32.1. The Kier molecular flexibility index (Phi) is 9.93. The van der Waals surface area contributed by atoms with Crippen LogP contribution in [-0.2, 0) is 12.8 Å². The van der Waals surface area contributed by atoms with E-state index in [-0.39, 0.29) is 0 Å². The zero-order chi connectivity index (χ0) is 28.9. The van der Waals surface area contributed by atoms with Crippen molar-refractivity contribution in [1.82, 2.24) is 0 Å². The van der Waals surface area contributed by atoms with Gasteiger partial charge in [0.15, 0.2) is 0 Å². The third-order valence-corrected chi connectivity index (χ3v) is 13.2. The normalized spacial score (nSPS) is 11.4. The van der Waals surface area contributed by atoms with Crippen molar-refractivity contribution >= 4 is 68.6 Å². The Bertz CT molecular complexity index is 1520. The molecule has 5 rings (SSSR count). The molecule has 0 bridgehead atoms. The standard InChI is InChI=1S/C32H32O4S5/c1-3-5-7-9-19-17-27(31(33)34)40-29(19)25-15-13-23(38-25)21-11-12-22(37-21)24-14-16-26(39-24)30-20(10-8-6-4-2)18-28(41-30)32(35)36/h11-18H,3-10H2,1-2H3,(H,33,34)(H,35,36). The minimum atomic E-state index is -0.859. The highest BCUT2D eigenvalue weighted by Crippen LogP contribution is 2.46. The van der Waals surface area contributed by atoms with E-state index < -0.39 is 11.9 Å². The van der Waals surface area contributed by atoms with Crippen molar-refractivity contribution in [2.45, 2.75) is 65.2 Å². The van der Waals surface area contributed by atoms with E-state index in [1.165, 1.54) is 42.2 Å². The van der Waals surface area contributed by atoms with E-state index in [1.54, 1.807) is 34.0 Å². The molecule has 0 aliphatic heterocycles. The van der Waals surface area contributed by atoms with Gasteiger partial charge >= 0.3 is 11.9 Å². The maximum Gasteiger partial charge on any atom is 0.345 e. The molecule has 0 aromatic carbocycles. The van der Waals surface area contributed by atoms with Crippen molar-refractivity contribution in [1.29, 1.82) is 0 Å². The molecule has 0 amide bonds. The first kappa shape index (κ1) is 29.9. The molecule has 0 aliphatic carbocycles. The minimum Gasteiger partial charge on any atom is -0.477 e. The van der Waals surface area contributed by atoms with Crippen molar-refractivity contribution in [3.8, 4) is 39.0 Å². The SMILES string of the molecule is CCCCCc1cc(C(=O)O)sc1-c1ccc(-c2ccc(-c3ccc(-c4sc(C(=O)O)cc4CCCCC)s3)s2)s1. The predicted octanol–water partition coefficient (Wildman–Crippen LogP) is 11.5. The molecule has 5 aromatic heterocycles. The molecule has 2 N–H and O–H groups in total. The molecule has 9 heteroatoms. The fraction of sp³-hybridized carbons (Fsp3) is 0.312. The third-order valence-electron chi connectivity index (χ3n) is 6.89. The number of carbonyl (C=O) groups is 2. The summed E-state index contributed by atoms with van der Waals surface area (Å²) in [7, 11) is 0. The molecule has 41 heavy (non-hydrogen) atoms. The second kappa shape index (κ2) is 13.6. The molecular formula is C32H32O4S5. The van der Waals surface area contributed by atoms with E-state index >= 15 is 0 Å². The van der Waals surface area contributed by atoms with Crippen LogP contribution in [0.15, 0.2) is 48.5 Å². The molecule has 0 fully saturated rings. The third kappa shape index (κ3) is 6.92. The van der Waals surface area contributed by atoms with Crippen molar-refractivity contribution in [2.24, 2.45) is 0 Å². The van der Waals surface area contributed by atoms with Gasteiger partial charge in [-0.3, -0.25) is 0 Å². The molecule has 214 valence electrons. The van der Waals surface area contributed by atoms with E-state index in [0.717, 1.165) is 82.0 Å². The van der Waals surface area contributed by atoms with Crippen LogP contribution in [0.4, 0.5) is 0 Å². The summed E-state index contributed by atoms with van der Waals surface area (Å²) in [5, 5.41) is 19.2. The number of rotatable bonds is 14. The molecule has 0 saturated heterocycles. The van der Waals surface area contributed by atoms with Gasteiger partial charge in [0.1, 0.15) is 9.75 Å². The number of carboxylic acids is 2. The van der Waals surface area contributed by atoms with Gasteiger partial charge in [-0.05, 0) is 85.3 Å². The molecule has 0 saturated carbocycles. The smallest absolute Gasteiger partial charge is 0.345 e. The molecule has 4 nitrogen and oxygen atoms in total. The summed E-state index contributed by atoms with van der Waals surface area (Å²) in [4.78, 5) is 33.3. The number of aryl methyl sites for hydroxylation is 2. The summed E-state index contributed by atoms with van der Waals surface area (Å²) < 4.78 is 0. The van der Waals surface area contributed by atoms with Gasteiger partial charge < -0.3 is 10.2 Å². The lowest BCUT2D eigenvalue weighted by Crippen LogP contribution is -1.90. The summed E-state index contributed by atoms with van der Waals surface area (Å²) in [5.74, 6) is -1.72. The molecule has 5 heterocycles. The second-order valence-corrected chi connectivity index (χ2v) is 15.3. The number of hydrogen-bond acceptors (Lipinski definition) is 7. The molecule has 0 spiro atoms. The Hall–Kier alpha value is -2.56. The highest BCUT2D eigenvalue weighted by Gasteiger charge is 2.19. The predicted molar refractivity (Wildman–Crippen MR) is 178 cm³/mol. The summed E-state index contributed by atoms with van der Waals surface area (Å²) in [6.07, 6.45) is 8.50. The average Bonchev–Trinajstić information content (AvgIpc) is 3.76. The Morgan fingerprint density at radius 1 is 0.537 bits per heavy atom. The summed E-state index contributed by atoms with van der Waals surface area (Å²) in [6.45, 7) is 4.36. The van der Waals surface area contributed by atoms with Crippen LogP contribution in [0.1, 0.15) is 82.8 Å². The van der Waals surface area contributed by atoms with Gasteiger partial charge in [-0.15, -0.1) is 56.7 Å². The zero-order valence-corrected chi connectivity index (χ0v) is 27.1. The van der Waals surface area contributed by atoms with Gasteiger partial charge in [0.25, 0.3) is 0 Å². The molecule has 0 unspecified atom stereocenters. The summed E-state index contributed by atoms with van der Waals surface area (Å²) in [6, 6.07) is 16.6. The van der Waals surface area contributed by atoms with Gasteiger partial charge in [0.2, 0.25) is 0 Å². The maximum atomic E-state index is 11.7. The molecule has 0 radical (unpaired) electrons. The lowest BCUT2D eigenvalue weighted by atomic mass is 10.1. The van der Waals surface area contributed by atoms with E-state index in [0.29, 0.717) is 9.75 Å². The first-order valence-corrected chi connectivity index (χ1v) is 18.0. The van der Waals surface area contributed by atoms with E-state index in [4.69, 9.17) is 0 Å². The number of carboxylic acid groups (broad SMARTS) is 2. The van der Waals surface area contributed by atoms with Crippen molar-refractivity contribution in [3.63, 3.8) is 0 Å². The number of hydrogen-bond donors (Lipinski definition) is 2. The first-order valence-electron chi connectivity index (χ1n) is 13.9. The summed E-state index contributed by atoms with van der Waals surface area (Å²) >= 11 is 7.96. The van der Waals surface area contributed by atoms with Gasteiger partial charge in [-0.25, -0.2) is 9.59 Å². The Labute approximate surface area is 260 Å². The van der Waals surface area contributed by atoms with Gasteiger partial charge in [-0.1, -0.05) is 39.5 Å². The number of thiophene rings is 5. The largest absolute Gasteiger partial charge is 0.477 e. The van der Waals surface area contributed by atoms with E-state index in [2.05, 4.69) is 50.2 Å². The summed E-state index contributed by atoms with van der Waals surface area (Å²) in [5.41, 5.74) is 2.28. The quantitative estimate of drug-likeness (QED) is 0.118. The van der Waals surface area contributed by atoms with Crippen molar-refractivity contribution < 1.29 is 19.8 Å². The highest BCUT2D eigenvalue weighted by molar-refractivity contribution is 7.30. The van der Waals surface area contributed by atoms with Crippen LogP contribution < -0.4 is 0 Å². The van der Waals surface area contributed by atoms with Crippen LogP contribution in [-0.4, -0.2) is 22.2 Å². The van der Waals surface area contributed by atoms with E-state index in [9.17, 15) is 19.8 Å². The Morgan fingerprint density at radius 2 is 0.878 bits per heavy atom.